The van der Waals surface area contributed by atoms with Gasteiger partial charge in [-0.1, -0.05) is 152 Å². The zero-order valence-electron chi connectivity index (χ0n) is 29.9. The van der Waals surface area contributed by atoms with E-state index in [1.165, 1.54) is 73.8 Å². The number of nitrogens with zero attached hydrogens (tertiary/aromatic N) is 2. The van der Waals surface area contributed by atoms with Crippen LogP contribution in [-0.4, -0.2) is 17.6 Å². The fraction of sp³-hybridized carbons (Fsp3) is 0.0200. The number of rotatable bonds is 6. The van der Waals surface area contributed by atoms with Gasteiger partial charge in [-0.15, -0.1) is 23.1 Å². The predicted octanol–water partition coefficient (Wildman–Crippen LogP) is 10.7. The van der Waals surface area contributed by atoms with Gasteiger partial charge in [-0.25, -0.2) is 4.98 Å². The van der Waals surface area contributed by atoms with Crippen LogP contribution in [0.15, 0.2) is 199 Å². The molecule has 0 amide bonds. The van der Waals surface area contributed by atoms with Crippen LogP contribution in [0.25, 0.3) is 59.1 Å². The number of thioether (sulfide) groups is 1. The molecular formula is C50H34N2S2Si. The monoisotopic (exact) mass is 754 g/mol. The van der Waals surface area contributed by atoms with Crippen LogP contribution >= 0.6 is 23.1 Å². The molecule has 0 bridgehead atoms. The summed E-state index contributed by atoms with van der Waals surface area (Å²) in [7, 11) is -2.84. The fourth-order valence-electron chi connectivity index (χ4n) is 8.72. The van der Waals surface area contributed by atoms with Gasteiger partial charge in [0.1, 0.15) is 5.82 Å². The van der Waals surface area contributed by atoms with Gasteiger partial charge in [-0.3, -0.25) is 4.57 Å². The number of benzene rings is 8. The lowest BCUT2D eigenvalue weighted by Crippen LogP contribution is -2.74. The molecule has 2 aromatic heterocycles. The summed E-state index contributed by atoms with van der Waals surface area (Å²) in [5.41, 5.74) is 8.30. The average Bonchev–Trinajstić information content (AvgIpc) is 3.83. The minimum atomic E-state index is -2.84. The van der Waals surface area contributed by atoms with Crippen LogP contribution in [-0.2, 0) is 5.75 Å². The van der Waals surface area contributed by atoms with Crippen molar-refractivity contribution in [1.29, 1.82) is 0 Å². The highest BCUT2D eigenvalue weighted by atomic mass is 32.2. The predicted molar refractivity (Wildman–Crippen MR) is 238 cm³/mol. The van der Waals surface area contributed by atoms with E-state index in [0.717, 1.165) is 22.6 Å². The van der Waals surface area contributed by atoms with Crippen molar-refractivity contribution in [3.8, 4) is 27.9 Å². The lowest BCUT2D eigenvalue weighted by molar-refractivity contribution is 0.945. The Morgan fingerprint density at radius 1 is 0.455 bits per heavy atom. The van der Waals surface area contributed by atoms with E-state index in [1.807, 2.05) is 23.1 Å². The molecule has 2 nitrogen and oxygen atoms in total. The van der Waals surface area contributed by atoms with Gasteiger partial charge < -0.3 is 0 Å². The minimum absolute atomic E-state index is 0.871. The van der Waals surface area contributed by atoms with Gasteiger partial charge in [0.2, 0.25) is 0 Å². The van der Waals surface area contributed by atoms with Crippen molar-refractivity contribution < 1.29 is 0 Å². The number of fused-ring (bicyclic) bond motifs is 8. The van der Waals surface area contributed by atoms with Crippen molar-refractivity contribution in [3.05, 3.63) is 200 Å². The summed E-state index contributed by atoms with van der Waals surface area (Å²) in [5.74, 6) is 1.98. The van der Waals surface area contributed by atoms with Crippen molar-refractivity contribution in [2.24, 2.45) is 0 Å². The summed E-state index contributed by atoms with van der Waals surface area (Å²) in [6, 6.07) is 72.5. The first-order valence-electron chi connectivity index (χ1n) is 18.7. The molecule has 11 rings (SSSR count). The third kappa shape index (κ3) is 5.26. The quantitative estimate of drug-likeness (QED) is 0.124. The second kappa shape index (κ2) is 13.1. The highest BCUT2D eigenvalue weighted by Gasteiger charge is 2.41. The normalized spacial score (nSPS) is 12.6. The molecule has 55 heavy (non-hydrogen) atoms. The maximum Gasteiger partial charge on any atom is 0.179 e. The summed E-state index contributed by atoms with van der Waals surface area (Å²) in [6.45, 7) is 0. The highest BCUT2D eigenvalue weighted by molar-refractivity contribution is 7.98. The number of imidazole rings is 1. The average molecular weight is 755 g/mol. The molecule has 1 aliphatic rings. The Morgan fingerprint density at radius 2 is 1.04 bits per heavy atom. The van der Waals surface area contributed by atoms with Gasteiger partial charge in [-0.05, 0) is 85.5 Å². The third-order valence-corrected chi connectivity index (χ3v) is 18.2. The van der Waals surface area contributed by atoms with Crippen LogP contribution in [0.1, 0.15) is 5.82 Å². The summed E-state index contributed by atoms with van der Waals surface area (Å²) < 4.78 is 5.02. The number of hydrogen-bond acceptors (Lipinski definition) is 3. The molecule has 0 N–H and O–H groups in total. The number of para-hydroxylation sites is 1. The molecule has 0 radical (unpaired) electrons. The van der Waals surface area contributed by atoms with Crippen LogP contribution < -0.4 is 20.7 Å². The van der Waals surface area contributed by atoms with Crippen molar-refractivity contribution >= 4 is 83.1 Å². The van der Waals surface area contributed by atoms with E-state index >= 15 is 0 Å². The summed E-state index contributed by atoms with van der Waals surface area (Å²) in [4.78, 5) is 6.37. The van der Waals surface area contributed by atoms with Gasteiger partial charge in [0.15, 0.2) is 8.07 Å². The van der Waals surface area contributed by atoms with Gasteiger partial charge in [-0.2, -0.15) is 0 Å². The zero-order chi connectivity index (χ0) is 36.3. The van der Waals surface area contributed by atoms with Crippen LogP contribution in [0, 0.1) is 0 Å². The molecule has 10 aromatic rings. The van der Waals surface area contributed by atoms with E-state index in [0.29, 0.717) is 0 Å². The first-order valence-corrected chi connectivity index (χ1v) is 22.5. The van der Waals surface area contributed by atoms with Gasteiger partial charge in [0.05, 0.1) is 22.5 Å². The van der Waals surface area contributed by atoms with E-state index < -0.39 is 8.07 Å². The Morgan fingerprint density at radius 3 is 1.78 bits per heavy atom. The molecule has 0 fully saturated rings. The van der Waals surface area contributed by atoms with E-state index in [4.69, 9.17) is 4.98 Å². The number of hydrogen-bond donors (Lipinski definition) is 0. The second-order valence-corrected chi connectivity index (χ2v) is 20.2. The van der Waals surface area contributed by atoms with E-state index in [1.54, 1.807) is 0 Å². The first-order chi connectivity index (χ1) is 27.2. The van der Waals surface area contributed by atoms with E-state index in [-0.39, 0.29) is 0 Å². The topological polar surface area (TPSA) is 17.8 Å². The van der Waals surface area contributed by atoms with Crippen molar-refractivity contribution in [3.63, 3.8) is 0 Å². The van der Waals surface area contributed by atoms with Crippen molar-refractivity contribution in [2.45, 2.75) is 10.6 Å². The van der Waals surface area contributed by atoms with Crippen molar-refractivity contribution in [1.82, 2.24) is 9.55 Å². The number of aromatic nitrogens is 2. The molecular weight excluding hydrogens is 721 g/mol. The van der Waals surface area contributed by atoms with E-state index in [9.17, 15) is 0 Å². The third-order valence-electron chi connectivity index (χ3n) is 11.2. The maximum absolute atomic E-state index is 5.07. The van der Waals surface area contributed by atoms with Crippen LogP contribution in [0.5, 0.6) is 0 Å². The fourth-order valence-corrected chi connectivity index (χ4v) is 15.6. The maximum atomic E-state index is 5.07. The summed E-state index contributed by atoms with van der Waals surface area (Å²) in [6.07, 6.45) is 0. The smallest absolute Gasteiger partial charge is 0.179 e. The highest BCUT2D eigenvalue weighted by Crippen LogP contribution is 2.39. The molecule has 0 saturated carbocycles. The first kappa shape index (κ1) is 32.4. The molecule has 0 saturated heterocycles. The molecule has 0 unspecified atom stereocenters. The minimum Gasteiger partial charge on any atom is -0.294 e. The molecule has 3 heterocycles. The van der Waals surface area contributed by atoms with Crippen molar-refractivity contribution in [2.75, 3.05) is 0 Å². The van der Waals surface area contributed by atoms with E-state index in [2.05, 4.69) is 199 Å². The SMILES string of the molecule is c1ccc([Si](c2ccccc2)(c2cccc(-c3ccc4sc5ccccc5c4c3)c2)c2cccc(-c3ccc4nc5n(c4c3)-c3ccccc3SC5)c2)cc1. The molecule has 260 valence electrons. The number of thiophene rings is 1. The lowest BCUT2D eigenvalue weighted by atomic mass is 10.0. The zero-order valence-corrected chi connectivity index (χ0v) is 32.5. The lowest BCUT2D eigenvalue weighted by Gasteiger charge is -2.35. The Hall–Kier alpha value is -5.98. The standard InChI is InChI=1S/C50H34N2S2Si/c1-3-15-38(16-4-1)55(39-17-5-2-6-18-39,40-19-11-13-34(29-40)36-26-28-48-43(31-36)42-21-7-9-23-47(42)54-48)41-20-12-14-35(30-41)37-25-27-44-46(32-37)52-45-22-8-10-24-49(45)53-33-50(52)51-44/h1-32H,33H2. The molecule has 0 spiro atoms. The Kier molecular flexibility index (Phi) is 7.73. The Balaban J connectivity index is 1.11. The summed E-state index contributed by atoms with van der Waals surface area (Å²) in [5, 5.41) is 8.10. The van der Waals surface area contributed by atoms with Crippen LogP contribution in [0.3, 0.4) is 0 Å². The van der Waals surface area contributed by atoms with Crippen LogP contribution in [0.2, 0.25) is 0 Å². The molecule has 0 atom stereocenters. The largest absolute Gasteiger partial charge is 0.294 e. The Bertz CT molecular complexity index is 3020. The van der Waals surface area contributed by atoms with Gasteiger partial charge in [0, 0.05) is 25.1 Å². The van der Waals surface area contributed by atoms with Gasteiger partial charge in [0.25, 0.3) is 0 Å². The molecule has 0 aliphatic carbocycles. The van der Waals surface area contributed by atoms with Crippen LogP contribution in [0.4, 0.5) is 0 Å². The molecule has 1 aliphatic heterocycles. The second-order valence-electron chi connectivity index (χ2n) is 14.3. The molecule has 8 aromatic carbocycles. The summed E-state index contributed by atoms with van der Waals surface area (Å²) >= 11 is 3.74. The van der Waals surface area contributed by atoms with Gasteiger partial charge >= 0.3 is 0 Å². The Labute approximate surface area is 329 Å². The molecule has 5 heteroatoms.